The van der Waals surface area contributed by atoms with Crippen LogP contribution in [0.5, 0.6) is 0 Å². The Hall–Kier alpha value is -4.99. The van der Waals surface area contributed by atoms with E-state index in [0.29, 0.717) is 35.6 Å². The number of hydrogen-bond acceptors (Lipinski definition) is 7. The summed E-state index contributed by atoms with van der Waals surface area (Å²) >= 11 is 3.23. The lowest BCUT2D eigenvalue weighted by molar-refractivity contribution is 0.101. The van der Waals surface area contributed by atoms with Crippen molar-refractivity contribution in [3.63, 3.8) is 0 Å². The summed E-state index contributed by atoms with van der Waals surface area (Å²) in [4.78, 5) is 23.2. The van der Waals surface area contributed by atoms with Crippen molar-refractivity contribution in [2.24, 2.45) is 0 Å². The normalized spacial score (nSPS) is 11.8. The largest absolute Gasteiger partial charge is 0.381 e. The number of halogens is 6. The Labute approximate surface area is 325 Å². The molecule has 1 aliphatic rings. The van der Waals surface area contributed by atoms with E-state index in [1.165, 1.54) is 12.8 Å². The number of thiazole rings is 2. The third-order valence-electron chi connectivity index (χ3n) is 8.02. The van der Waals surface area contributed by atoms with Gasteiger partial charge >= 0.3 is 0 Å². The topological polar surface area (TPSA) is 76.1 Å². The molecule has 7 rings (SSSR count). The molecule has 0 bridgehead atoms. The third kappa shape index (κ3) is 11.5. The Morgan fingerprint density at radius 2 is 1.07 bits per heavy atom. The van der Waals surface area contributed by atoms with Gasteiger partial charge in [0.05, 0.1) is 21.4 Å². The maximum atomic E-state index is 13.6. The van der Waals surface area contributed by atoms with Crippen molar-refractivity contribution in [3.05, 3.63) is 139 Å². The van der Waals surface area contributed by atoms with E-state index < -0.39 is 46.4 Å². The fourth-order valence-electron chi connectivity index (χ4n) is 5.45. The van der Waals surface area contributed by atoms with Crippen LogP contribution in [-0.4, -0.2) is 37.5 Å². The van der Waals surface area contributed by atoms with Crippen molar-refractivity contribution in [2.45, 2.75) is 47.1 Å². The number of rotatable bonds is 7. The minimum atomic E-state index is -1.25. The number of aryl methyl sites for hydroxylation is 4. The van der Waals surface area contributed by atoms with Crippen LogP contribution in [0.25, 0.3) is 22.5 Å². The van der Waals surface area contributed by atoms with Gasteiger partial charge in [-0.15, -0.1) is 22.7 Å². The molecule has 0 spiro atoms. The molecule has 55 heavy (non-hydrogen) atoms. The molecule has 6 nitrogen and oxygen atoms in total. The van der Waals surface area contributed by atoms with E-state index in [1.54, 1.807) is 46.9 Å². The smallest absolute Gasteiger partial charge is 0.261 e. The van der Waals surface area contributed by atoms with Crippen molar-refractivity contribution in [1.82, 2.24) is 9.97 Å². The maximum absolute atomic E-state index is 13.6. The number of benzene rings is 4. The summed E-state index contributed by atoms with van der Waals surface area (Å²) in [5.41, 5.74) is 3.73. The first-order valence-electron chi connectivity index (χ1n) is 16.8. The molecule has 3 radical (unpaired) electrons. The Bertz CT molecular complexity index is 2170. The molecule has 1 fully saturated rings. The molecule has 285 valence electrons. The van der Waals surface area contributed by atoms with Gasteiger partial charge in [-0.1, -0.05) is 24.3 Å². The van der Waals surface area contributed by atoms with Crippen molar-refractivity contribution in [3.8, 4) is 22.5 Å². The average Bonchev–Trinajstić information content (AvgIpc) is 3.87. The summed E-state index contributed by atoms with van der Waals surface area (Å²) in [6, 6.07) is 16.5. The third-order valence-corrected chi connectivity index (χ3v) is 9.79. The first-order chi connectivity index (χ1) is 25.8. The van der Waals surface area contributed by atoms with E-state index >= 15 is 0 Å². The van der Waals surface area contributed by atoms with Crippen LogP contribution in [0.4, 0.5) is 37.7 Å². The summed E-state index contributed by atoms with van der Waals surface area (Å²) in [5.74, 6) is -7.28. The van der Waals surface area contributed by atoms with E-state index in [9.17, 15) is 31.1 Å². The van der Waals surface area contributed by atoms with Gasteiger partial charge in [0.2, 0.25) is 0 Å². The number of hydrogen-bond donors (Lipinski definition) is 2. The van der Waals surface area contributed by atoms with Crippen LogP contribution in [0.1, 0.15) is 48.5 Å². The molecule has 3 heterocycles. The molecule has 0 saturated carbocycles. The lowest BCUT2D eigenvalue weighted by atomic mass is 10.1. The van der Waals surface area contributed by atoms with Crippen LogP contribution >= 0.6 is 22.7 Å². The van der Waals surface area contributed by atoms with Crippen molar-refractivity contribution in [2.75, 3.05) is 23.8 Å². The van der Waals surface area contributed by atoms with Crippen LogP contribution in [0.15, 0.2) is 72.8 Å². The van der Waals surface area contributed by atoms with Crippen LogP contribution in [0.2, 0.25) is 0 Å². The molecule has 1 amide bonds. The minimum absolute atomic E-state index is 0. The number of carbonyl (C=O) groups is 1. The second kappa shape index (κ2) is 19.6. The molecule has 2 aromatic heterocycles. The minimum Gasteiger partial charge on any atom is -0.381 e. The highest BCUT2D eigenvalue weighted by atomic mass is 32.1. The van der Waals surface area contributed by atoms with E-state index in [0.717, 1.165) is 55.5 Å². The van der Waals surface area contributed by atoms with Gasteiger partial charge < -0.3 is 15.4 Å². The van der Waals surface area contributed by atoms with E-state index in [2.05, 4.69) is 20.6 Å². The van der Waals surface area contributed by atoms with Gasteiger partial charge in [0, 0.05) is 90.3 Å². The SMILES string of the molecule is C1CCOC1.Cc1nc(-c2ccc(NC(=O)c3c(F)cc(F)cc3F)cc2)c(C)s1.Cc1nc(-c2ccc(NCc3c(F)cc(F)cc3F)cc2)c(C)s1.[B]. The summed E-state index contributed by atoms with van der Waals surface area (Å²) in [7, 11) is 0. The number of amides is 1. The van der Waals surface area contributed by atoms with Gasteiger partial charge in [-0.2, -0.15) is 0 Å². The zero-order valence-corrected chi connectivity index (χ0v) is 32.0. The molecular formula is C40H36BF6N4O2S2. The zero-order chi connectivity index (χ0) is 38.9. The second-order valence-electron chi connectivity index (χ2n) is 12.1. The van der Waals surface area contributed by atoms with Gasteiger partial charge in [0.1, 0.15) is 40.5 Å². The van der Waals surface area contributed by atoms with Crippen molar-refractivity contribution >= 4 is 48.4 Å². The fraction of sp³-hybridized carbons (Fsp3) is 0.225. The molecule has 6 aromatic rings. The highest BCUT2D eigenvalue weighted by Crippen LogP contribution is 2.30. The van der Waals surface area contributed by atoms with Crippen LogP contribution < -0.4 is 10.6 Å². The molecule has 15 heteroatoms. The Balaban J connectivity index is 0.000000213. The molecule has 4 aromatic carbocycles. The van der Waals surface area contributed by atoms with Crippen molar-refractivity contribution in [1.29, 1.82) is 0 Å². The van der Waals surface area contributed by atoms with Gasteiger partial charge in [0.25, 0.3) is 5.91 Å². The molecule has 0 aliphatic carbocycles. The van der Waals surface area contributed by atoms with Crippen LogP contribution in [0, 0.1) is 62.6 Å². The number of nitrogens with one attached hydrogen (secondary N) is 2. The van der Waals surface area contributed by atoms with Crippen molar-refractivity contribution < 1.29 is 35.9 Å². The highest BCUT2D eigenvalue weighted by molar-refractivity contribution is 7.12. The molecule has 2 N–H and O–H groups in total. The first kappa shape index (κ1) is 42.8. The van der Waals surface area contributed by atoms with E-state index in [-0.39, 0.29) is 20.5 Å². The Kier molecular flexibility index (Phi) is 15.2. The summed E-state index contributed by atoms with van der Waals surface area (Å²) in [6.07, 6.45) is 2.56. The second-order valence-corrected chi connectivity index (χ2v) is 15.0. The zero-order valence-electron chi connectivity index (χ0n) is 30.3. The van der Waals surface area contributed by atoms with Gasteiger partial charge in [-0.3, -0.25) is 4.79 Å². The molecule has 0 atom stereocenters. The van der Waals surface area contributed by atoms with E-state index in [4.69, 9.17) is 4.74 Å². The molecule has 1 aliphatic heterocycles. The predicted octanol–water partition coefficient (Wildman–Crippen LogP) is 11.0. The number of aromatic nitrogens is 2. The van der Waals surface area contributed by atoms with E-state index in [1.807, 2.05) is 52.0 Å². The van der Waals surface area contributed by atoms with Gasteiger partial charge in [0.15, 0.2) is 0 Å². The standard InChI is InChI=1S/C18H13F3N2OS.C18H15F3N2S.C4H8O.B/c1-9-17(22-10(2)25-9)11-3-5-13(6-4-11)23-18(24)16-14(20)7-12(19)8-15(16)21;1-10-18(23-11(2)24-10)12-3-5-14(6-4-12)22-9-15-16(20)7-13(19)8-17(15)21;1-2-4-5-3-1;/h3-8H,1-2H3,(H,23,24);3-8,22H,9H2,1-2H3;1-4H2;. The number of anilines is 2. The predicted molar refractivity (Wildman–Crippen MR) is 208 cm³/mol. The van der Waals surface area contributed by atoms with Crippen LogP contribution in [-0.2, 0) is 11.3 Å². The Morgan fingerprint density at radius 1 is 0.655 bits per heavy atom. The molecule has 0 unspecified atom stereocenters. The average molecular weight is 794 g/mol. The summed E-state index contributed by atoms with van der Waals surface area (Å²) in [6.45, 7) is 9.80. The quantitative estimate of drug-likeness (QED) is 0.124. The number of ether oxygens (including phenoxy) is 1. The lowest BCUT2D eigenvalue weighted by Crippen LogP contribution is -2.16. The molecule has 1 saturated heterocycles. The fourth-order valence-corrected chi connectivity index (χ4v) is 7.13. The first-order valence-corrected chi connectivity index (χ1v) is 18.4. The Morgan fingerprint density at radius 3 is 1.45 bits per heavy atom. The van der Waals surface area contributed by atoms with Gasteiger partial charge in [-0.05, 0) is 64.8 Å². The lowest BCUT2D eigenvalue weighted by Gasteiger charge is -2.09. The summed E-state index contributed by atoms with van der Waals surface area (Å²) in [5, 5.41) is 7.30. The molecular weight excluding hydrogens is 757 g/mol. The maximum Gasteiger partial charge on any atom is 0.261 e. The number of carbonyl (C=O) groups excluding carboxylic acids is 1. The monoisotopic (exact) mass is 793 g/mol. The van der Waals surface area contributed by atoms with Gasteiger partial charge in [-0.25, -0.2) is 36.3 Å². The highest BCUT2D eigenvalue weighted by Gasteiger charge is 2.19. The number of nitrogens with zero attached hydrogens (tertiary/aromatic N) is 2. The summed E-state index contributed by atoms with van der Waals surface area (Å²) < 4.78 is 85.3. The van der Waals surface area contributed by atoms with Crippen LogP contribution in [0.3, 0.4) is 0 Å².